The van der Waals surface area contributed by atoms with Crippen LogP contribution in [0.5, 0.6) is 0 Å². The maximum absolute atomic E-state index is 12.0. The maximum Gasteiger partial charge on any atom is 0.248 e. The van der Waals surface area contributed by atoms with Gasteiger partial charge in [0, 0.05) is 33.4 Å². The van der Waals surface area contributed by atoms with Gasteiger partial charge >= 0.3 is 0 Å². The molecule has 0 spiro atoms. The van der Waals surface area contributed by atoms with Crippen LogP contribution in [0.15, 0.2) is 12.4 Å². The van der Waals surface area contributed by atoms with Crippen LogP contribution in [-0.4, -0.2) is 84.6 Å². The van der Waals surface area contributed by atoms with E-state index in [1.54, 1.807) is 19.0 Å². The number of hydrogen-bond donors (Lipinski definition) is 0. The van der Waals surface area contributed by atoms with Crippen molar-refractivity contribution in [3.05, 3.63) is 18.0 Å². The average Bonchev–Trinajstić information content (AvgIpc) is 3.15. The predicted molar refractivity (Wildman–Crippen MR) is 96.8 cm³/mol. The summed E-state index contributed by atoms with van der Waals surface area (Å²) in [7, 11) is 3.54. The van der Waals surface area contributed by atoms with E-state index in [1.807, 2.05) is 6.20 Å². The highest BCUT2D eigenvalue weighted by Gasteiger charge is 2.46. The van der Waals surface area contributed by atoms with Crippen LogP contribution in [0, 0.1) is 18.8 Å². The van der Waals surface area contributed by atoms with Gasteiger partial charge in [-0.2, -0.15) is 5.10 Å². The molecular weight excluding hydrogens is 332 g/mol. The molecule has 1 aromatic heterocycles. The fourth-order valence-electron chi connectivity index (χ4n) is 4.54. The molecule has 0 N–H and O–H groups in total. The molecule has 7 heteroatoms. The first-order valence-corrected chi connectivity index (χ1v) is 9.65. The Kier molecular flexibility index (Phi) is 5.03. The van der Waals surface area contributed by atoms with Gasteiger partial charge in [0.05, 0.1) is 37.6 Å². The molecule has 1 amide bonds. The minimum atomic E-state index is 0.0159. The number of fused-ring (bicyclic) bond motifs is 1. The van der Waals surface area contributed by atoms with Crippen molar-refractivity contribution in [1.29, 1.82) is 0 Å². The van der Waals surface area contributed by atoms with Gasteiger partial charge < -0.3 is 14.4 Å². The van der Waals surface area contributed by atoms with Gasteiger partial charge in [-0.25, -0.2) is 0 Å². The number of carbonyl (C=O) groups is 1. The second kappa shape index (κ2) is 7.29. The zero-order valence-electron chi connectivity index (χ0n) is 16.0. The van der Waals surface area contributed by atoms with Crippen molar-refractivity contribution < 1.29 is 14.3 Å². The van der Waals surface area contributed by atoms with Crippen molar-refractivity contribution in [2.24, 2.45) is 11.8 Å². The molecule has 1 aromatic rings. The smallest absolute Gasteiger partial charge is 0.248 e. The summed E-state index contributed by atoms with van der Waals surface area (Å²) in [5.41, 5.74) is 1.16. The summed E-state index contributed by atoms with van der Waals surface area (Å²) in [4.78, 5) is 16.2. The lowest BCUT2D eigenvalue weighted by Gasteiger charge is -2.38. The molecule has 0 unspecified atom stereocenters. The lowest BCUT2D eigenvalue weighted by atomic mass is 9.77. The number of nitrogens with zero attached hydrogens (tertiary/aromatic N) is 4. The third-order valence-electron chi connectivity index (χ3n) is 6.24. The molecule has 26 heavy (non-hydrogen) atoms. The van der Waals surface area contributed by atoms with Gasteiger partial charge in [0.25, 0.3) is 0 Å². The van der Waals surface area contributed by atoms with Crippen molar-refractivity contribution in [3.63, 3.8) is 0 Å². The van der Waals surface area contributed by atoms with Crippen LogP contribution in [0.4, 0.5) is 0 Å². The normalized spacial score (nSPS) is 32.3. The van der Waals surface area contributed by atoms with Crippen molar-refractivity contribution >= 4 is 5.91 Å². The van der Waals surface area contributed by atoms with Crippen LogP contribution in [0.25, 0.3) is 0 Å². The summed E-state index contributed by atoms with van der Waals surface area (Å²) in [6.45, 7) is 6.24. The first kappa shape index (κ1) is 17.9. The fraction of sp³-hybridized carbons (Fsp3) is 0.789. The Bertz CT molecular complexity index is 642. The molecule has 7 nitrogen and oxygen atoms in total. The number of hydrogen-bond acceptors (Lipinski definition) is 5. The molecule has 3 fully saturated rings. The van der Waals surface area contributed by atoms with Crippen molar-refractivity contribution in [2.75, 3.05) is 47.0 Å². The summed E-state index contributed by atoms with van der Waals surface area (Å²) in [5.74, 6) is 1.33. The van der Waals surface area contributed by atoms with Crippen LogP contribution in [0.3, 0.4) is 0 Å². The number of amides is 1. The number of likely N-dealkylation sites (N-methyl/N-ethyl adjacent to an activating group) is 1. The highest BCUT2D eigenvalue weighted by atomic mass is 16.5. The van der Waals surface area contributed by atoms with Crippen LogP contribution in [0.1, 0.15) is 24.4 Å². The third-order valence-corrected chi connectivity index (χ3v) is 6.24. The third kappa shape index (κ3) is 3.52. The van der Waals surface area contributed by atoms with E-state index in [0.717, 1.165) is 44.7 Å². The van der Waals surface area contributed by atoms with E-state index in [4.69, 9.17) is 9.47 Å². The predicted octanol–water partition coefficient (Wildman–Crippen LogP) is 0.947. The molecule has 144 valence electrons. The van der Waals surface area contributed by atoms with Gasteiger partial charge in [0.1, 0.15) is 6.61 Å². The first-order chi connectivity index (χ1) is 12.5. The first-order valence-electron chi connectivity index (χ1n) is 9.65. The van der Waals surface area contributed by atoms with E-state index in [0.29, 0.717) is 17.9 Å². The van der Waals surface area contributed by atoms with Gasteiger partial charge in [-0.1, -0.05) is 0 Å². The van der Waals surface area contributed by atoms with E-state index in [-0.39, 0.29) is 24.7 Å². The standard InChI is InChI=1S/C19H30N4O3/c1-13-6-20-23(7-13)17-4-14-8-22(16-10-25-11-16)9-15(14)5-18(17)26-12-19(24)21(2)3/h6-7,14-18H,4-5,8-12H2,1-3H3/t14-,15+,17-,18-/m0/s1. The molecule has 0 radical (unpaired) electrons. The molecule has 1 saturated carbocycles. The zero-order chi connectivity index (χ0) is 18.3. The second-order valence-corrected chi connectivity index (χ2v) is 8.34. The Morgan fingerprint density at radius 2 is 2.04 bits per heavy atom. The Hall–Kier alpha value is -1.44. The highest BCUT2D eigenvalue weighted by molar-refractivity contribution is 5.76. The molecule has 4 atom stereocenters. The topological polar surface area (TPSA) is 59.8 Å². The Balaban J connectivity index is 1.47. The fourth-order valence-corrected chi connectivity index (χ4v) is 4.54. The van der Waals surface area contributed by atoms with Gasteiger partial charge in [-0.15, -0.1) is 0 Å². The largest absolute Gasteiger partial charge is 0.378 e. The van der Waals surface area contributed by atoms with Crippen LogP contribution >= 0.6 is 0 Å². The van der Waals surface area contributed by atoms with Crippen molar-refractivity contribution in [2.45, 2.75) is 38.0 Å². The van der Waals surface area contributed by atoms with E-state index in [2.05, 4.69) is 27.8 Å². The zero-order valence-corrected chi connectivity index (χ0v) is 16.0. The summed E-state index contributed by atoms with van der Waals surface area (Å²) < 4.78 is 13.6. The molecule has 0 bridgehead atoms. The lowest BCUT2D eigenvalue weighted by Crippen LogP contribution is -2.48. The van der Waals surface area contributed by atoms with Crippen LogP contribution in [0.2, 0.25) is 0 Å². The number of aryl methyl sites for hydroxylation is 1. The lowest BCUT2D eigenvalue weighted by molar-refractivity contribution is -0.138. The molecule has 4 rings (SSSR count). The summed E-state index contributed by atoms with van der Waals surface area (Å²) in [6, 6.07) is 0.804. The van der Waals surface area contributed by atoms with Gasteiger partial charge in [-0.3, -0.25) is 14.4 Å². The Morgan fingerprint density at radius 1 is 1.31 bits per heavy atom. The quantitative estimate of drug-likeness (QED) is 0.780. The summed E-state index contributed by atoms with van der Waals surface area (Å²) >= 11 is 0. The molecule has 2 saturated heterocycles. The van der Waals surface area contributed by atoms with E-state index < -0.39 is 0 Å². The Labute approximate surface area is 155 Å². The number of likely N-dealkylation sites (tertiary alicyclic amines) is 1. The molecule has 2 aliphatic heterocycles. The van der Waals surface area contributed by atoms with Crippen molar-refractivity contribution in [3.8, 4) is 0 Å². The van der Waals surface area contributed by atoms with E-state index in [1.165, 1.54) is 0 Å². The number of carbonyl (C=O) groups excluding carboxylic acids is 1. The van der Waals surface area contributed by atoms with E-state index in [9.17, 15) is 4.79 Å². The summed E-state index contributed by atoms with van der Waals surface area (Å²) in [5, 5.41) is 4.56. The van der Waals surface area contributed by atoms with Crippen LogP contribution in [-0.2, 0) is 14.3 Å². The molecule has 3 aliphatic rings. The van der Waals surface area contributed by atoms with Gasteiger partial charge in [-0.05, 0) is 37.2 Å². The number of aromatic nitrogens is 2. The SMILES string of the molecule is Cc1cnn([C@H]2C[C@H]3CN(C4COC4)C[C@H]3C[C@@H]2OCC(=O)N(C)C)c1. The highest BCUT2D eigenvalue weighted by Crippen LogP contribution is 2.43. The molecule has 3 heterocycles. The van der Waals surface area contributed by atoms with E-state index >= 15 is 0 Å². The van der Waals surface area contributed by atoms with Gasteiger partial charge in [0.15, 0.2) is 0 Å². The molecule has 1 aliphatic carbocycles. The molecule has 0 aromatic carbocycles. The minimum absolute atomic E-state index is 0.0159. The average molecular weight is 362 g/mol. The van der Waals surface area contributed by atoms with Crippen molar-refractivity contribution in [1.82, 2.24) is 19.6 Å². The summed E-state index contributed by atoms with van der Waals surface area (Å²) in [6.07, 6.45) is 6.11. The monoisotopic (exact) mass is 362 g/mol. The number of ether oxygens (including phenoxy) is 2. The minimum Gasteiger partial charge on any atom is -0.378 e. The Morgan fingerprint density at radius 3 is 2.62 bits per heavy atom. The molecular formula is C19H30N4O3. The van der Waals surface area contributed by atoms with Crippen LogP contribution < -0.4 is 0 Å². The second-order valence-electron chi connectivity index (χ2n) is 8.34. The number of rotatable bonds is 5. The van der Waals surface area contributed by atoms with Gasteiger partial charge in [0.2, 0.25) is 5.91 Å². The maximum atomic E-state index is 12.0.